The van der Waals surface area contributed by atoms with Crippen LogP contribution in [0.4, 0.5) is 26.2 Å². The molecule has 558 valence electrons. The summed E-state index contributed by atoms with van der Waals surface area (Å²) in [5.41, 5.74) is 19.6. The fourth-order valence-electron chi connectivity index (χ4n) is 9.99. The van der Waals surface area contributed by atoms with Gasteiger partial charge in [0.15, 0.2) is 0 Å². The number of carbonyl (C=O) groups is 1. The zero-order valence-corrected chi connectivity index (χ0v) is 76.2. The van der Waals surface area contributed by atoms with Crippen LogP contribution in [0.2, 0.25) is 0 Å². The Hall–Kier alpha value is -4.54. The van der Waals surface area contributed by atoms with E-state index in [4.69, 9.17) is 49.6 Å². The second-order valence-corrected chi connectivity index (χ2v) is 34.3. The Balaban J connectivity index is 0.000000160. The number of nitrogens with zero attached hydrogens (tertiary/aromatic N) is 3. The maximum Gasteiger partial charge on any atom is 0.496 e. The normalized spacial score (nSPS) is 13.7. The molecule has 0 unspecified atom stereocenters. The van der Waals surface area contributed by atoms with Crippen LogP contribution in [0.25, 0.3) is 22.3 Å². The first-order chi connectivity index (χ1) is 50.6. The summed E-state index contributed by atoms with van der Waals surface area (Å²) in [4.78, 5) is 24.5. The van der Waals surface area contributed by atoms with Gasteiger partial charge in [-0.1, -0.05) is 146 Å². The van der Waals surface area contributed by atoms with Crippen LogP contribution in [-0.4, -0.2) is 93.3 Å². The smallest absolute Gasteiger partial charge is 0.496 e. The minimum atomic E-state index is -0.925. The van der Waals surface area contributed by atoms with Gasteiger partial charge in [-0.3, -0.25) is 4.79 Å². The third-order valence-electron chi connectivity index (χ3n) is 16.1. The van der Waals surface area contributed by atoms with E-state index >= 15 is 0 Å². The highest BCUT2D eigenvalue weighted by Gasteiger charge is 2.51. The Morgan fingerprint density at radius 1 is 0.500 bits per heavy atom. The Morgan fingerprint density at radius 2 is 0.953 bits per heavy atom. The molecular weight excluding hydrogens is 2150 g/mol. The van der Waals surface area contributed by atoms with E-state index in [1.165, 1.54) is 22.8 Å². The average Bonchev–Trinajstić information content (AvgIpc) is 1.63. The number of anilines is 3. The molecular formula is C76H69BBr12F2N6O9. The van der Waals surface area contributed by atoms with E-state index < -0.39 is 23.1 Å². The summed E-state index contributed by atoms with van der Waals surface area (Å²) in [7, 11) is -0.363. The number of nitrogens with two attached hydrogens (primary N) is 2. The number of alkyl halides is 3. The van der Waals surface area contributed by atoms with E-state index in [2.05, 4.69) is 236 Å². The number of benzene rings is 7. The number of pyridine rings is 3. The standard InChI is InChI=1S/C20H13BrF2N2O2.C13H11BrN2O.C11H17BN2O2.C8H7Br3O.C8H6Br2O.C8H7BrO.C6H4Br2O.C2H4Br2/c21-14-8-11-6-7-27-17(11)9-13(14)12-4-5-18(24-10-12)25-20(26)19-15(22)2-1-3-16(19)23;14-11-5-8-3-4-17-12(8)6-10(11)9-1-2-13(15)16-7-9;1-10(2)11(3,4)16-12(15-10)8-5-6-9(13)14-7-8;9-3-4-12-8-5-6(10)1-2-7(8)11;9-6-3-5-1-2-11-8(5)4-7(6)10;9-7-2-1-6-3-4-10-8(6)5-7;7-4-1-2-5(8)6(9)3-4;3-1-2-4/h1-5,8-10H,6-7H2,(H,24,25,26);1-2,5-7H,3-4H2,(H2,15,16);5-7H,1-4H3,(H2,13,14);1-2,5H,3-4H2;3-4H,1-2H2;1-2,5H,3-4H2;1-3,9H;1-2H2. The fraction of sp³-hybridized carbons (Fsp3) is 0.237. The van der Waals surface area contributed by atoms with Crippen LogP contribution in [0.15, 0.2) is 204 Å². The Morgan fingerprint density at radius 3 is 1.43 bits per heavy atom. The van der Waals surface area contributed by atoms with Crippen molar-refractivity contribution in [3.8, 4) is 56.8 Å². The van der Waals surface area contributed by atoms with Gasteiger partial charge in [0.1, 0.15) is 69.1 Å². The van der Waals surface area contributed by atoms with Crippen LogP contribution < -0.4 is 45.9 Å². The lowest BCUT2D eigenvalue weighted by molar-refractivity contribution is 0.00578. The first kappa shape index (κ1) is 87.0. The molecule has 3 aromatic heterocycles. The van der Waals surface area contributed by atoms with E-state index in [-0.39, 0.29) is 29.9 Å². The SMILES string of the molecule is BrCCBr.BrCCOc1cc(Br)ccc1Br.Brc1cc2c(cc1Br)OCC2.Brc1ccc2c(c1)OCC2.CC1(C)OB(c2ccc(N)nc2)OC1(C)C.Nc1ccc(-c2cc3c(cc2Br)CCO3)cn1.O=C(Nc1ccc(-c2cc3c(cc2Br)CCO3)cn1)c1c(F)cccc1F.Oc1cc(Br)ccc1Br. The van der Waals surface area contributed by atoms with Gasteiger partial charge in [0.25, 0.3) is 5.91 Å². The third kappa shape index (κ3) is 25.5. The molecule has 30 heteroatoms. The summed E-state index contributed by atoms with van der Waals surface area (Å²) in [6.07, 6.45) is 8.99. The summed E-state index contributed by atoms with van der Waals surface area (Å²) in [6, 6.07) is 43.5. The van der Waals surface area contributed by atoms with E-state index in [1.54, 1.807) is 55.0 Å². The van der Waals surface area contributed by atoms with Gasteiger partial charge in [-0.25, -0.2) is 23.7 Å². The minimum Gasteiger partial charge on any atom is -0.507 e. The van der Waals surface area contributed by atoms with Crippen LogP contribution in [0.5, 0.6) is 34.5 Å². The van der Waals surface area contributed by atoms with Crippen molar-refractivity contribution in [3.63, 3.8) is 0 Å². The number of rotatable bonds is 9. The van der Waals surface area contributed by atoms with Crippen molar-refractivity contribution >= 4 is 227 Å². The van der Waals surface area contributed by atoms with E-state index in [0.717, 1.165) is 171 Å². The molecule has 5 aliphatic rings. The molecule has 15 rings (SSSR count). The van der Waals surface area contributed by atoms with Crippen molar-refractivity contribution < 1.29 is 51.7 Å². The predicted molar refractivity (Wildman–Crippen MR) is 463 cm³/mol. The molecule has 0 radical (unpaired) electrons. The van der Waals surface area contributed by atoms with Crippen molar-refractivity contribution in [2.75, 3.05) is 65.8 Å². The number of phenolic OH excluding ortho intramolecular Hbond substituents is 1. The van der Waals surface area contributed by atoms with E-state index in [1.807, 2.05) is 94.4 Å². The third-order valence-corrected chi connectivity index (χ3v) is 24.2. The summed E-state index contributed by atoms with van der Waals surface area (Å²) >= 11 is 40.2. The first-order valence-electron chi connectivity index (χ1n) is 32.4. The molecule has 1 saturated heterocycles. The number of halogens is 14. The number of aromatic nitrogens is 3. The molecule has 0 spiro atoms. The van der Waals surface area contributed by atoms with Gasteiger partial charge in [-0.2, -0.15) is 0 Å². The monoisotopic (exact) mass is 2210 g/mol. The first-order valence-corrected chi connectivity index (χ1v) is 42.9. The largest absolute Gasteiger partial charge is 0.507 e. The second-order valence-electron chi connectivity index (χ2n) is 24.0. The quantitative estimate of drug-likeness (QED) is 0.0784. The molecule has 15 nitrogen and oxygen atoms in total. The molecule has 0 bridgehead atoms. The van der Waals surface area contributed by atoms with Gasteiger partial charge in [0.05, 0.1) is 53.2 Å². The predicted octanol–water partition coefficient (Wildman–Crippen LogP) is 23.2. The molecule has 8 heterocycles. The lowest BCUT2D eigenvalue weighted by Crippen LogP contribution is -2.41. The van der Waals surface area contributed by atoms with Crippen molar-refractivity contribution in [2.24, 2.45) is 0 Å². The Bertz CT molecular complexity index is 4560. The number of carbonyl (C=O) groups excluding carboxylic acids is 1. The lowest BCUT2D eigenvalue weighted by Gasteiger charge is -2.32. The van der Waals surface area contributed by atoms with Crippen LogP contribution in [0.3, 0.4) is 0 Å². The Labute approximate surface area is 716 Å². The number of nitrogens with one attached hydrogen (secondary N) is 1. The molecule has 0 saturated carbocycles. The fourth-order valence-corrected chi connectivity index (χ4v) is 13.7. The highest BCUT2D eigenvalue weighted by atomic mass is 79.9. The number of hydrogen-bond acceptors (Lipinski definition) is 14. The van der Waals surface area contributed by atoms with Crippen molar-refractivity contribution in [2.45, 2.75) is 64.6 Å². The zero-order valence-electron chi connectivity index (χ0n) is 57.2. The summed E-state index contributed by atoms with van der Waals surface area (Å²) < 4.78 is 75.3. The molecule has 5 aliphatic heterocycles. The number of phenols is 1. The van der Waals surface area contributed by atoms with Gasteiger partial charge < -0.3 is 54.9 Å². The average molecular weight is 2220 g/mol. The van der Waals surface area contributed by atoms with Gasteiger partial charge in [0.2, 0.25) is 0 Å². The highest BCUT2D eigenvalue weighted by molar-refractivity contribution is 9.13. The van der Waals surface area contributed by atoms with Gasteiger partial charge in [0, 0.05) is 119 Å². The van der Waals surface area contributed by atoms with Crippen LogP contribution in [0, 0.1) is 11.6 Å². The molecule has 6 N–H and O–H groups in total. The van der Waals surface area contributed by atoms with Crippen molar-refractivity contribution in [1.82, 2.24) is 15.0 Å². The van der Waals surface area contributed by atoms with E-state index in [9.17, 15) is 13.6 Å². The van der Waals surface area contributed by atoms with Crippen LogP contribution in [0.1, 0.15) is 60.3 Å². The number of hydrogen-bond donors (Lipinski definition) is 4. The second kappa shape index (κ2) is 42.2. The van der Waals surface area contributed by atoms with Gasteiger partial charge in [-0.05, 0) is 241 Å². The molecule has 106 heavy (non-hydrogen) atoms. The molecule has 0 atom stereocenters. The maximum atomic E-state index is 13.7. The summed E-state index contributed by atoms with van der Waals surface area (Å²) in [6.45, 7) is 11.9. The molecule has 1 fully saturated rings. The van der Waals surface area contributed by atoms with E-state index in [0.29, 0.717) is 29.3 Å². The van der Waals surface area contributed by atoms with Crippen molar-refractivity contribution in [1.29, 1.82) is 0 Å². The molecule has 0 aliphatic carbocycles. The maximum absolute atomic E-state index is 13.7. The highest BCUT2D eigenvalue weighted by Crippen LogP contribution is 2.41. The number of fused-ring (bicyclic) bond motifs is 4. The van der Waals surface area contributed by atoms with Crippen LogP contribution in [-0.2, 0) is 35.0 Å². The van der Waals surface area contributed by atoms with Crippen molar-refractivity contribution in [3.05, 3.63) is 244 Å². The molecule has 10 aromatic rings. The zero-order chi connectivity index (χ0) is 76.8. The van der Waals surface area contributed by atoms with Gasteiger partial charge in [-0.15, -0.1) is 0 Å². The molecule has 7 aromatic carbocycles. The Kier molecular flexibility index (Phi) is 34.7. The van der Waals surface area contributed by atoms with Crippen LogP contribution >= 0.6 is 191 Å². The number of ether oxygens (including phenoxy) is 5. The topological polar surface area (TPSA) is 205 Å². The number of nitrogen functional groups attached to an aromatic ring is 2. The summed E-state index contributed by atoms with van der Waals surface area (Å²) in [5.74, 6) is 3.47. The number of aromatic hydroxyl groups is 1. The molecule has 1 amide bonds. The van der Waals surface area contributed by atoms with Gasteiger partial charge >= 0.3 is 7.12 Å². The number of amides is 1. The summed E-state index contributed by atoms with van der Waals surface area (Å²) in [5, 5.41) is 14.4. The lowest BCUT2D eigenvalue weighted by atomic mass is 9.80. The minimum absolute atomic E-state index is 0.194.